The van der Waals surface area contributed by atoms with Crippen molar-refractivity contribution in [2.75, 3.05) is 39.5 Å². The Morgan fingerprint density at radius 1 is 1.09 bits per heavy atom. The molecule has 3 N–H and O–H groups in total. The topological polar surface area (TPSA) is 155 Å². The van der Waals surface area contributed by atoms with Gasteiger partial charge < -0.3 is 25.0 Å². The van der Waals surface area contributed by atoms with Crippen LogP contribution in [0, 0.1) is 0 Å². The van der Waals surface area contributed by atoms with Crippen molar-refractivity contribution in [2.24, 2.45) is 0 Å². The first kappa shape index (κ1) is 31.6. The first-order valence-corrected chi connectivity index (χ1v) is 16.6. The highest BCUT2D eigenvalue weighted by Crippen LogP contribution is 2.37. The second-order valence-corrected chi connectivity index (χ2v) is 14.8. The van der Waals surface area contributed by atoms with E-state index in [0.717, 1.165) is 23.0 Å². The van der Waals surface area contributed by atoms with Gasteiger partial charge in [0.2, 0.25) is 19.9 Å². The van der Waals surface area contributed by atoms with E-state index in [2.05, 4.69) is 10.3 Å². The van der Waals surface area contributed by atoms with Gasteiger partial charge in [0.05, 0.1) is 27.5 Å². The highest BCUT2D eigenvalue weighted by molar-refractivity contribution is 7.92. The summed E-state index contributed by atoms with van der Waals surface area (Å²) in [5.74, 6) is -0.0286. The molecule has 0 bridgehead atoms. The quantitative estimate of drug-likeness (QED) is 0.283. The molecule has 15 heteroatoms. The zero-order valence-corrected chi connectivity index (χ0v) is 24.7. The SMILES string of the molecule is O=S(=O)(c1ccc2ncccc2c1)N1CCC2(CC1)C[C@@H](NC[C@H](O)COc1cccc(S(=O)(=O)C(F)(F)CO)c1)CO2. The summed E-state index contributed by atoms with van der Waals surface area (Å²) in [5, 5.41) is 18.8. The number of pyridine rings is 1. The van der Waals surface area contributed by atoms with Crippen LogP contribution in [0.2, 0.25) is 0 Å². The average molecular weight is 642 g/mol. The Bertz CT molecular complexity index is 1670. The van der Waals surface area contributed by atoms with Gasteiger partial charge in [0.15, 0.2) is 0 Å². The Labute approximate surface area is 248 Å². The van der Waals surface area contributed by atoms with Crippen molar-refractivity contribution in [3.8, 4) is 5.75 Å². The number of hydrogen-bond donors (Lipinski definition) is 3. The van der Waals surface area contributed by atoms with E-state index in [1.807, 2.05) is 6.07 Å². The minimum absolute atomic E-state index is 0.0286. The molecule has 11 nitrogen and oxygen atoms in total. The van der Waals surface area contributed by atoms with Crippen LogP contribution in [0.3, 0.4) is 0 Å². The van der Waals surface area contributed by atoms with Crippen molar-refractivity contribution in [3.63, 3.8) is 0 Å². The normalized spacial score (nSPS) is 20.4. The Morgan fingerprint density at radius 2 is 1.86 bits per heavy atom. The first-order valence-electron chi connectivity index (χ1n) is 13.7. The second kappa shape index (κ2) is 12.3. The number of hydrogen-bond acceptors (Lipinski definition) is 10. The molecule has 3 aromatic rings. The van der Waals surface area contributed by atoms with Crippen LogP contribution >= 0.6 is 0 Å². The van der Waals surface area contributed by atoms with E-state index in [4.69, 9.17) is 14.6 Å². The molecule has 3 heterocycles. The summed E-state index contributed by atoms with van der Waals surface area (Å²) in [6.07, 6.45) is 2.35. The van der Waals surface area contributed by atoms with E-state index in [1.54, 1.807) is 30.5 Å². The fourth-order valence-electron chi connectivity index (χ4n) is 5.36. The maximum absolute atomic E-state index is 13.7. The zero-order valence-electron chi connectivity index (χ0n) is 23.1. The van der Waals surface area contributed by atoms with Gasteiger partial charge in [-0.2, -0.15) is 13.1 Å². The molecule has 0 radical (unpaired) electrons. The number of aliphatic hydroxyl groups excluding tert-OH is 2. The fraction of sp³-hybridized carbons (Fsp3) is 0.464. The molecule has 1 aromatic heterocycles. The number of sulfonamides is 1. The number of ether oxygens (including phenoxy) is 2. The number of sulfone groups is 1. The summed E-state index contributed by atoms with van der Waals surface area (Å²) >= 11 is 0. The van der Waals surface area contributed by atoms with Crippen LogP contribution in [0.5, 0.6) is 5.75 Å². The first-order chi connectivity index (χ1) is 20.4. The average Bonchev–Trinajstić information content (AvgIpc) is 3.40. The number of alkyl halides is 2. The molecule has 2 atom stereocenters. The van der Waals surface area contributed by atoms with Crippen LogP contribution in [-0.4, -0.2) is 98.8 Å². The van der Waals surface area contributed by atoms with Gasteiger partial charge in [0.1, 0.15) is 25.1 Å². The van der Waals surface area contributed by atoms with Crippen LogP contribution in [-0.2, 0) is 24.6 Å². The van der Waals surface area contributed by atoms with E-state index in [9.17, 15) is 30.7 Å². The van der Waals surface area contributed by atoms with Crippen LogP contribution in [0.4, 0.5) is 8.78 Å². The summed E-state index contributed by atoms with van der Waals surface area (Å²) in [5.41, 5.74) is 0.251. The van der Waals surface area contributed by atoms with Crippen molar-refractivity contribution in [3.05, 3.63) is 60.8 Å². The number of rotatable bonds is 11. The summed E-state index contributed by atoms with van der Waals surface area (Å²) in [6.45, 7) is -0.939. The van der Waals surface area contributed by atoms with Crippen molar-refractivity contribution in [1.82, 2.24) is 14.6 Å². The Hall–Kier alpha value is -2.79. The highest BCUT2D eigenvalue weighted by Gasteiger charge is 2.46. The molecule has 2 aromatic carbocycles. The Kier molecular flexibility index (Phi) is 9.05. The predicted molar refractivity (Wildman–Crippen MR) is 152 cm³/mol. The lowest BCUT2D eigenvalue weighted by atomic mass is 9.88. The lowest BCUT2D eigenvalue weighted by molar-refractivity contribution is -0.0312. The molecule has 2 aliphatic rings. The molecule has 0 unspecified atom stereocenters. The molecule has 0 aliphatic carbocycles. The number of halogens is 2. The third kappa shape index (κ3) is 6.67. The Morgan fingerprint density at radius 3 is 2.60 bits per heavy atom. The molecule has 0 amide bonds. The number of nitrogens with zero attached hydrogens (tertiary/aromatic N) is 2. The van der Waals surface area contributed by atoms with Gasteiger partial charge in [-0.25, -0.2) is 16.8 Å². The minimum atomic E-state index is -5.11. The molecule has 234 valence electrons. The number of benzene rings is 2. The van der Waals surface area contributed by atoms with Crippen molar-refractivity contribution in [1.29, 1.82) is 0 Å². The highest BCUT2D eigenvalue weighted by atomic mass is 32.2. The van der Waals surface area contributed by atoms with Crippen molar-refractivity contribution >= 4 is 30.8 Å². The lowest BCUT2D eigenvalue weighted by Gasteiger charge is -2.38. The zero-order chi connectivity index (χ0) is 30.9. The molecular formula is C28H33F2N3O8S2. The monoisotopic (exact) mass is 641 g/mol. The summed E-state index contributed by atoms with van der Waals surface area (Å²) in [4.78, 5) is 3.76. The fourth-order valence-corrected chi connectivity index (χ4v) is 7.88. The van der Waals surface area contributed by atoms with Crippen LogP contribution in [0.15, 0.2) is 70.6 Å². The lowest BCUT2D eigenvalue weighted by Crippen LogP contribution is -2.47. The number of aromatic nitrogens is 1. The van der Waals surface area contributed by atoms with Gasteiger partial charge in [0.25, 0.3) is 0 Å². The van der Waals surface area contributed by atoms with Gasteiger partial charge in [-0.05, 0) is 61.7 Å². The van der Waals surface area contributed by atoms with Crippen molar-refractivity contribution < 1.29 is 45.3 Å². The van der Waals surface area contributed by atoms with Crippen LogP contribution in [0.25, 0.3) is 10.9 Å². The second-order valence-electron chi connectivity index (χ2n) is 10.8. The van der Waals surface area contributed by atoms with E-state index < -0.39 is 48.3 Å². The number of nitrogens with one attached hydrogen (secondary N) is 1. The standard InChI is InChI=1S/C28H33F2N3O8S2/c29-28(30,19-34)42(36,37)24-5-1-4-23(14-24)40-18-22(35)16-32-21-15-27(41-17-21)8-11-33(12-9-27)43(38,39)25-6-7-26-20(13-25)3-2-10-31-26/h1-7,10,13-14,21-22,32,34-35H,8-9,11-12,15-19H2/t21-,22+/m1/s1. The van der Waals surface area contributed by atoms with Gasteiger partial charge in [-0.1, -0.05) is 12.1 Å². The van der Waals surface area contributed by atoms with Gasteiger partial charge >= 0.3 is 5.25 Å². The maximum Gasteiger partial charge on any atom is 0.372 e. The number of piperidine rings is 1. The molecule has 5 rings (SSSR count). The molecule has 43 heavy (non-hydrogen) atoms. The smallest absolute Gasteiger partial charge is 0.372 e. The van der Waals surface area contributed by atoms with E-state index >= 15 is 0 Å². The Balaban J connectivity index is 1.09. The third-order valence-corrected chi connectivity index (χ3v) is 11.5. The summed E-state index contributed by atoms with van der Waals surface area (Å²) in [7, 11) is -8.79. The van der Waals surface area contributed by atoms with E-state index in [-0.39, 0.29) is 29.8 Å². The van der Waals surface area contributed by atoms with E-state index in [0.29, 0.717) is 39.0 Å². The van der Waals surface area contributed by atoms with Crippen LogP contribution < -0.4 is 10.1 Å². The minimum Gasteiger partial charge on any atom is -0.491 e. The summed E-state index contributed by atoms with van der Waals surface area (Å²) < 4.78 is 91.1. The third-order valence-electron chi connectivity index (χ3n) is 7.83. The number of aliphatic hydroxyl groups is 2. The predicted octanol–water partition coefficient (Wildman–Crippen LogP) is 1.94. The molecule has 1 spiro atoms. The molecular weight excluding hydrogens is 608 g/mol. The molecule has 2 fully saturated rings. The summed E-state index contributed by atoms with van der Waals surface area (Å²) in [6, 6.07) is 12.9. The molecule has 2 saturated heterocycles. The molecule has 2 aliphatic heterocycles. The van der Waals surface area contributed by atoms with E-state index in [1.165, 1.54) is 16.4 Å². The van der Waals surface area contributed by atoms with Crippen LogP contribution in [0.1, 0.15) is 19.3 Å². The van der Waals surface area contributed by atoms with Crippen molar-refractivity contribution in [2.45, 2.75) is 52.1 Å². The number of fused-ring (bicyclic) bond motifs is 1. The van der Waals surface area contributed by atoms with Gasteiger partial charge in [-0.15, -0.1) is 0 Å². The van der Waals surface area contributed by atoms with Gasteiger partial charge in [-0.3, -0.25) is 4.98 Å². The maximum atomic E-state index is 13.7. The largest absolute Gasteiger partial charge is 0.491 e. The van der Waals surface area contributed by atoms with Gasteiger partial charge in [0, 0.05) is 37.3 Å². The molecule has 0 saturated carbocycles.